The Morgan fingerprint density at radius 1 is 1.12 bits per heavy atom. The fraction of sp³-hybridized carbons (Fsp3) is 0.125. The molecule has 0 bridgehead atoms. The van der Waals surface area contributed by atoms with Crippen LogP contribution >= 0.6 is 22.7 Å². The van der Waals surface area contributed by atoms with E-state index in [0.29, 0.717) is 16.4 Å². The summed E-state index contributed by atoms with van der Waals surface area (Å²) in [5.41, 5.74) is 2.34. The van der Waals surface area contributed by atoms with Gasteiger partial charge in [0.25, 0.3) is 5.78 Å². The molecular formula is C24H18N2O4S2. The van der Waals surface area contributed by atoms with Crippen molar-refractivity contribution in [1.29, 1.82) is 0 Å². The average Bonchev–Trinajstić information content (AvgIpc) is 3.52. The molecule has 0 radical (unpaired) electrons. The number of ether oxygens (including phenoxy) is 1. The zero-order chi connectivity index (χ0) is 22.4. The van der Waals surface area contributed by atoms with Crippen molar-refractivity contribution < 1.29 is 19.4 Å². The molecule has 8 heteroatoms. The van der Waals surface area contributed by atoms with Crippen molar-refractivity contribution >= 4 is 55.5 Å². The number of ketones is 1. The van der Waals surface area contributed by atoms with E-state index in [2.05, 4.69) is 4.98 Å². The molecule has 2 aromatic heterocycles. The molecule has 0 saturated carbocycles. The van der Waals surface area contributed by atoms with E-state index in [1.807, 2.05) is 42.6 Å². The van der Waals surface area contributed by atoms with E-state index >= 15 is 0 Å². The fourth-order valence-electron chi connectivity index (χ4n) is 3.77. The number of fused-ring (bicyclic) bond motifs is 1. The number of carbonyl (C=O) groups excluding carboxylic acids is 2. The molecule has 1 atom stereocenters. The van der Waals surface area contributed by atoms with Crippen molar-refractivity contribution in [3.05, 3.63) is 81.6 Å². The molecule has 5 rings (SSSR count). The third-order valence-electron chi connectivity index (χ3n) is 5.36. The minimum atomic E-state index is -0.751. The molecule has 0 spiro atoms. The standard InChI is InChI=1S/C24H18N2O4S2/c1-13-5-10-16-18(12-13)32-24(25-16)26-20(17-4-3-11-31-17)19(22(28)23(26)29)21(27)14-6-8-15(30-2)9-7-14/h3-12,20,27H,1-2H3. The number of carbonyl (C=O) groups is 2. The average molecular weight is 463 g/mol. The second-order valence-corrected chi connectivity index (χ2v) is 9.37. The molecule has 160 valence electrons. The molecule has 1 aliphatic rings. The van der Waals surface area contributed by atoms with E-state index in [-0.39, 0.29) is 11.3 Å². The number of Topliss-reactive ketones (excluding diaryl/α,β-unsaturated/α-hetero) is 1. The summed E-state index contributed by atoms with van der Waals surface area (Å²) in [5.74, 6) is -1.02. The number of rotatable bonds is 4. The lowest BCUT2D eigenvalue weighted by Crippen LogP contribution is -2.28. The predicted octanol–water partition coefficient (Wildman–Crippen LogP) is 5.30. The summed E-state index contributed by atoms with van der Waals surface area (Å²) in [4.78, 5) is 33.1. The first-order valence-electron chi connectivity index (χ1n) is 9.84. The van der Waals surface area contributed by atoms with Gasteiger partial charge in [0.1, 0.15) is 17.6 Å². The molecule has 1 fully saturated rings. The van der Waals surface area contributed by atoms with Crippen molar-refractivity contribution in [2.45, 2.75) is 13.0 Å². The summed E-state index contributed by atoms with van der Waals surface area (Å²) in [6.45, 7) is 1.99. The summed E-state index contributed by atoms with van der Waals surface area (Å²) in [6, 6.07) is 15.5. The monoisotopic (exact) mass is 462 g/mol. The summed E-state index contributed by atoms with van der Waals surface area (Å²) < 4.78 is 6.10. The number of thiazole rings is 1. The van der Waals surface area contributed by atoms with Gasteiger partial charge in [-0.2, -0.15) is 0 Å². The van der Waals surface area contributed by atoms with Gasteiger partial charge in [-0.1, -0.05) is 23.5 Å². The Morgan fingerprint density at radius 2 is 1.91 bits per heavy atom. The van der Waals surface area contributed by atoms with Crippen LogP contribution in [0.25, 0.3) is 16.0 Å². The van der Waals surface area contributed by atoms with Crippen LogP contribution in [0, 0.1) is 6.92 Å². The highest BCUT2D eigenvalue weighted by Gasteiger charge is 2.48. The highest BCUT2D eigenvalue weighted by Crippen LogP contribution is 2.45. The Balaban J connectivity index is 1.68. The molecule has 1 unspecified atom stereocenters. The van der Waals surface area contributed by atoms with E-state index in [0.717, 1.165) is 20.7 Å². The van der Waals surface area contributed by atoms with Crippen LogP contribution in [0.3, 0.4) is 0 Å². The van der Waals surface area contributed by atoms with Gasteiger partial charge >= 0.3 is 5.91 Å². The van der Waals surface area contributed by atoms with Gasteiger partial charge in [0, 0.05) is 10.4 Å². The van der Waals surface area contributed by atoms with Crippen LogP contribution in [-0.2, 0) is 9.59 Å². The van der Waals surface area contributed by atoms with Crippen molar-refractivity contribution in [1.82, 2.24) is 4.98 Å². The lowest BCUT2D eigenvalue weighted by atomic mass is 10.00. The number of aryl methyl sites for hydroxylation is 1. The third kappa shape index (κ3) is 3.28. The highest BCUT2D eigenvalue weighted by atomic mass is 32.1. The molecule has 1 amide bonds. The number of methoxy groups -OCH3 is 1. The second kappa shape index (κ2) is 7.89. The van der Waals surface area contributed by atoms with E-state index in [1.165, 1.54) is 27.6 Å². The molecule has 0 aliphatic carbocycles. The van der Waals surface area contributed by atoms with Gasteiger partial charge in [0.15, 0.2) is 5.13 Å². The Labute approximate surface area is 192 Å². The number of nitrogens with zero attached hydrogens (tertiary/aromatic N) is 2. The van der Waals surface area contributed by atoms with Crippen LogP contribution in [0.2, 0.25) is 0 Å². The minimum Gasteiger partial charge on any atom is -0.507 e. The number of benzene rings is 2. The molecular weight excluding hydrogens is 444 g/mol. The fourth-order valence-corrected chi connectivity index (χ4v) is 5.69. The number of hydrogen-bond donors (Lipinski definition) is 1. The maximum atomic E-state index is 13.2. The number of aromatic nitrogens is 1. The molecule has 1 N–H and O–H groups in total. The lowest BCUT2D eigenvalue weighted by molar-refractivity contribution is -0.132. The first-order valence-corrected chi connectivity index (χ1v) is 11.5. The van der Waals surface area contributed by atoms with Crippen LogP contribution in [0.4, 0.5) is 5.13 Å². The molecule has 32 heavy (non-hydrogen) atoms. The van der Waals surface area contributed by atoms with Gasteiger partial charge in [0.2, 0.25) is 0 Å². The summed E-state index contributed by atoms with van der Waals surface area (Å²) in [5, 5.41) is 13.4. The van der Waals surface area contributed by atoms with Gasteiger partial charge in [-0.3, -0.25) is 14.5 Å². The summed E-state index contributed by atoms with van der Waals surface area (Å²) in [6.07, 6.45) is 0. The Morgan fingerprint density at radius 3 is 2.59 bits per heavy atom. The van der Waals surface area contributed by atoms with Crippen LogP contribution in [-0.4, -0.2) is 28.9 Å². The first kappa shape index (κ1) is 20.4. The quantitative estimate of drug-likeness (QED) is 0.253. The van der Waals surface area contributed by atoms with Gasteiger partial charge in [-0.15, -0.1) is 11.3 Å². The van der Waals surface area contributed by atoms with Gasteiger partial charge in [0.05, 0.1) is 22.9 Å². The number of aliphatic hydroxyl groups is 1. The number of aliphatic hydroxyl groups excluding tert-OH is 1. The van der Waals surface area contributed by atoms with Crippen molar-refractivity contribution in [3.63, 3.8) is 0 Å². The van der Waals surface area contributed by atoms with E-state index in [1.54, 1.807) is 31.4 Å². The topological polar surface area (TPSA) is 79.7 Å². The molecule has 1 aliphatic heterocycles. The zero-order valence-electron chi connectivity index (χ0n) is 17.2. The molecule has 3 heterocycles. The van der Waals surface area contributed by atoms with Crippen LogP contribution < -0.4 is 9.64 Å². The van der Waals surface area contributed by atoms with E-state index in [9.17, 15) is 14.7 Å². The maximum Gasteiger partial charge on any atom is 0.301 e. The Bertz CT molecular complexity index is 1370. The first-order chi connectivity index (χ1) is 15.5. The van der Waals surface area contributed by atoms with Crippen LogP contribution in [0.15, 0.2) is 65.6 Å². The number of thiophene rings is 1. The Kier molecular flexibility index (Phi) is 5.03. The maximum absolute atomic E-state index is 13.2. The SMILES string of the molecule is COc1ccc(C(O)=C2C(=O)C(=O)N(c3nc4ccc(C)cc4s3)C2c2cccs2)cc1. The normalized spacial score (nSPS) is 17.9. The lowest BCUT2D eigenvalue weighted by Gasteiger charge is -2.21. The largest absolute Gasteiger partial charge is 0.507 e. The second-order valence-electron chi connectivity index (χ2n) is 7.38. The third-order valence-corrected chi connectivity index (χ3v) is 7.30. The Hall–Kier alpha value is -3.49. The summed E-state index contributed by atoms with van der Waals surface area (Å²) >= 11 is 2.78. The van der Waals surface area contributed by atoms with E-state index < -0.39 is 17.7 Å². The molecule has 4 aromatic rings. The number of anilines is 1. The van der Waals surface area contributed by atoms with Crippen LogP contribution in [0.1, 0.15) is 22.0 Å². The highest BCUT2D eigenvalue weighted by molar-refractivity contribution is 7.22. The minimum absolute atomic E-state index is 0.0538. The van der Waals surface area contributed by atoms with Gasteiger partial charge < -0.3 is 9.84 Å². The van der Waals surface area contributed by atoms with Crippen molar-refractivity contribution in [2.75, 3.05) is 12.0 Å². The predicted molar refractivity (Wildman–Crippen MR) is 126 cm³/mol. The van der Waals surface area contributed by atoms with Crippen LogP contribution in [0.5, 0.6) is 5.75 Å². The summed E-state index contributed by atoms with van der Waals surface area (Å²) in [7, 11) is 1.55. The van der Waals surface area contributed by atoms with Crippen molar-refractivity contribution in [3.8, 4) is 5.75 Å². The zero-order valence-corrected chi connectivity index (χ0v) is 18.9. The van der Waals surface area contributed by atoms with Crippen molar-refractivity contribution in [2.24, 2.45) is 0 Å². The number of hydrogen-bond acceptors (Lipinski definition) is 7. The van der Waals surface area contributed by atoms with Gasteiger partial charge in [-0.25, -0.2) is 4.98 Å². The van der Waals surface area contributed by atoms with E-state index in [4.69, 9.17) is 4.74 Å². The molecule has 2 aromatic carbocycles. The molecule has 6 nitrogen and oxygen atoms in total. The smallest absolute Gasteiger partial charge is 0.301 e. The molecule has 1 saturated heterocycles. The number of amides is 1. The van der Waals surface area contributed by atoms with Gasteiger partial charge in [-0.05, 0) is 60.3 Å².